The number of rotatable bonds is 8. The molecule has 1 aliphatic heterocycles. The van der Waals surface area contributed by atoms with Crippen LogP contribution in [0.3, 0.4) is 0 Å². The molecule has 4 aromatic rings. The standard InChI is InChI=1S/C25H27N5OS/c1-17-5-3-6-21(27-17)7-4-12-30-13-10-22(29-30)24-18(2)28-25(32-24)26-16-19-8-9-23-20(15-19)11-14-31-23/h3,5-6,8-10,13,15H,4,7,11-12,14,16H2,1-2H3,(H,26,28). The third-order valence-electron chi connectivity index (χ3n) is 5.63. The van der Waals surface area contributed by atoms with E-state index in [0.717, 1.165) is 77.5 Å². The summed E-state index contributed by atoms with van der Waals surface area (Å²) < 4.78 is 7.61. The van der Waals surface area contributed by atoms with Crippen LogP contribution in [-0.4, -0.2) is 26.4 Å². The van der Waals surface area contributed by atoms with Crippen LogP contribution in [0.25, 0.3) is 10.6 Å². The lowest BCUT2D eigenvalue weighted by Crippen LogP contribution is -2.01. The fourth-order valence-corrected chi connectivity index (χ4v) is 4.93. The van der Waals surface area contributed by atoms with Gasteiger partial charge >= 0.3 is 0 Å². The van der Waals surface area contributed by atoms with Crippen LogP contribution in [0.4, 0.5) is 5.13 Å². The molecule has 6 nitrogen and oxygen atoms in total. The molecule has 0 atom stereocenters. The zero-order chi connectivity index (χ0) is 21.9. The fraction of sp³-hybridized carbons (Fsp3) is 0.320. The lowest BCUT2D eigenvalue weighted by Gasteiger charge is -2.05. The summed E-state index contributed by atoms with van der Waals surface area (Å²) in [6, 6.07) is 14.7. The van der Waals surface area contributed by atoms with Crippen LogP contribution in [0, 0.1) is 13.8 Å². The molecule has 0 fully saturated rings. The Morgan fingerprint density at radius 2 is 2.06 bits per heavy atom. The molecule has 0 bridgehead atoms. The van der Waals surface area contributed by atoms with Gasteiger partial charge in [0.25, 0.3) is 0 Å². The summed E-state index contributed by atoms with van der Waals surface area (Å²) in [7, 11) is 0. The highest BCUT2D eigenvalue weighted by Gasteiger charge is 2.14. The van der Waals surface area contributed by atoms with Gasteiger partial charge in [0, 0.05) is 37.1 Å². The molecule has 3 aromatic heterocycles. The Kier molecular flexibility index (Phi) is 5.90. The molecule has 1 N–H and O–H groups in total. The molecule has 32 heavy (non-hydrogen) atoms. The molecule has 1 aromatic carbocycles. The largest absolute Gasteiger partial charge is 0.493 e. The highest BCUT2D eigenvalue weighted by molar-refractivity contribution is 7.19. The third-order valence-corrected chi connectivity index (χ3v) is 6.77. The molecular formula is C25H27N5OS. The van der Waals surface area contributed by atoms with Crippen molar-refractivity contribution in [1.29, 1.82) is 0 Å². The number of fused-ring (bicyclic) bond motifs is 1. The van der Waals surface area contributed by atoms with Crippen LogP contribution in [-0.2, 0) is 25.9 Å². The van der Waals surface area contributed by atoms with E-state index in [0.29, 0.717) is 0 Å². The fourth-order valence-electron chi connectivity index (χ4n) is 4.01. The highest BCUT2D eigenvalue weighted by Crippen LogP contribution is 2.32. The summed E-state index contributed by atoms with van der Waals surface area (Å²) in [5, 5.41) is 9.18. The number of nitrogens with zero attached hydrogens (tertiary/aromatic N) is 4. The van der Waals surface area contributed by atoms with Crippen molar-refractivity contribution in [3.05, 3.63) is 76.9 Å². The van der Waals surface area contributed by atoms with E-state index in [9.17, 15) is 0 Å². The second-order valence-corrected chi connectivity index (χ2v) is 9.16. The first kappa shape index (κ1) is 20.7. The topological polar surface area (TPSA) is 64.9 Å². The van der Waals surface area contributed by atoms with E-state index in [-0.39, 0.29) is 0 Å². The van der Waals surface area contributed by atoms with Crippen LogP contribution in [0.2, 0.25) is 0 Å². The molecule has 5 rings (SSSR count). The normalized spacial score (nSPS) is 12.6. The molecule has 0 amide bonds. The molecule has 0 spiro atoms. The number of nitrogens with one attached hydrogen (secondary N) is 1. The van der Waals surface area contributed by atoms with Crippen molar-refractivity contribution >= 4 is 16.5 Å². The van der Waals surface area contributed by atoms with E-state index in [2.05, 4.69) is 52.9 Å². The molecule has 1 aliphatic rings. The molecule has 0 saturated carbocycles. The van der Waals surface area contributed by atoms with Crippen LogP contribution in [0.1, 0.15) is 34.6 Å². The van der Waals surface area contributed by atoms with Crippen LogP contribution < -0.4 is 10.1 Å². The van der Waals surface area contributed by atoms with Crippen molar-refractivity contribution in [2.75, 3.05) is 11.9 Å². The molecule has 7 heteroatoms. The summed E-state index contributed by atoms with van der Waals surface area (Å²) >= 11 is 1.66. The minimum absolute atomic E-state index is 0.751. The van der Waals surface area contributed by atoms with Crippen LogP contribution >= 0.6 is 11.3 Å². The first-order valence-corrected chi connectivity index (χ1v) is 11.9. The second-order valence-electron chi connectivity index (χ2n) is 8.17. The van der Waals surface area contributed by atoms with E-state index >= 15 is 0 Å². The summed E-state index contributed by atoms with van der Waals surface area (Å²) in [6.07, 6.45) is 5.02. The predicted molar refractivity (Wildman–Crippen MR) is 128 cm³/mol. The molecule has 4 heterocycles. The maximum Gasteiger partial charge on any atom is 0.183 e. The van der Waals surface area contributed by atoms with Gasteiger partial charge in [-0.15, -0.1) is 0 Å². The first-order valence-electron chi connectivity index (χ1n) is 11.1. The van der Waals surface area contributed by atoms with Crippen LogP contribution in [0.15, 0.2) is 48.7 Å². The van der Waals surface area contributed by atoms with Crippen molar-refractivity contribution in [2.24, 2.45) is 0 Å². The lowest BCUT2D eigenvalue weighted by atomic mass is 10.1. The van der Waals surface area contributed by atoms with Crippen molar-refractivity contribution < 1.29 is 4.74 Å². The maximum absolute atomic E-state index is 5.60. The minimum Gasteiger partial charge on any atom is -0.493 e. The van der Waals surface area contributed by atoms with Gasteiger partial charge in [0.15, 0.2) is 5.13 Å². The summed E-state index contributed by atoms with van der Waals surface area (Å²) in [5.74, 6) is 1.02. The Balaban J connectivity index is 1.19. The van der Waals surface area contributed by atoms with E-state index in [4.69, 9.17) is 14.8 Å². The predicted octanol–water partition coefficient (Wildman–Crippen LogP) is 5.20. The number of thiazole rings is 1. The van der Waals surface area contributed by atoms with Crippen LogP contribution in [0.5, 0.6) is 5.75 Å². The number of anilines is 1. The summed E-state index contributed by atoms with van der Waals surface area (Å²) in [4.78, 5) is 10.4. The Labute approximate surface area is 192 Å². The number of hydrogen-bond acceptors (Lipinski definition) is 6. The number of ether oxygens (including phenoxy) is 1. The van der Waals surface area contributed by atoms with E-state index < -0.39 is 0 Å². The van der Waals surface area contributed by atoms with Crippen molar-refractivity contribution in [3.8, 4) is 16.3 Å². The van der Waals surface area contributed by atoms with Gasteiger partial charge in [-0.3, -0.25) is 9.67 Å². The quantitative estimate of drug-likeness (QED) is 0.404. The molecule has 0 saturated heterocycles. The molecule has 0 unspecified atom stereocenters. The van der Waals surface area contributed by atoms with Gasteiger partial charge in [-0.2, -0.15) is 5.10 Å². The average Bonchev–Trinajstić information content (AvgIpc) is 3.51. The van der Waals surface area contributed by atoms with Crippen molar-refractivity contribution in [3.63, 3.8) is 0 Å². The van der Waals surface area contributed by atoms with Gasteiger partial charge in [-0.25, -0.2) is 4.98 Å². The SMILES string of the molecule is Cc1cccc(CCCn2ccc(-c3sc(NCc4ccc5c(c4)CCO5)nc3C)n2)n1. The Morgan fingerprint density at radius 1 is 1.12 bits per heavy atom. The Hall–Kier alpha value is -3.19. The number of aryl methyl sites for hydroxylation is 4. The maximum atomic E-state index is 5.60. The molecule has 164 valence electrons. The summed E-state index contributed by atoms with van der Waals surface area (Å²) in [6.45, 7) is 6.50. The first-order chi connectivity index (χ1) is 15.6. The number of hydrogen-bond donors (Lipinski definition) is 1. The number of aromatic nitrogens is 4. The zero-order valence-corrected chi connectivity index (χ0v) is 19.3. The third kappa shape index (κ3) is 4.67. The highest BCUT2D eigenvalue weighted by atomic mass is 32.1. The zero-order valence-electron chi connectivity index (χ0n) is 18.5. The van der Waals surface area contributed by atoms with Gasteiger partial charge in [-0.05, 0) is 62.1 Å². The number of pyridine rings is 1. The van der Waals surface area contributed by atoms with Gasteiger partial charge in [-0.1, -0.05) is 29.5 Å². The van der Waals surface area contributed by atoms with Gasteiger partial charge in [0.2, 0.25) is 0 Å². The van der Waals surface area contributed by atoms with E-state index in [1.54, 1.807) is 11.3 Å². The molecule has 0 aliphatic carbocycles. The van der Waals surface area contributed by atoms with Gasteiger partial charge in [0.05, 0.1) is 17.2 Å². The van der Waals surface area contributed by atoms with Crippen molar-refractivity contribution in [2.45, 2.75) is 46.2 Å². The van der Waals surface area contributed by atoms with Crippen molar-refractivity contribution in [1.82, 2.24) is 19.7 Å². The van der Waals surface area contributed by atoms with E-state index in [1.165, 1.54) is 11.1 Å². The van der Waals surface area contributed by atoms with E-state index in [1.807, 2.05) is 24.6 Å². The Bertz CT molecular complexity index is 1230. The summed E-state index contributed by atoms with van der Waals surface area (Å²) in [5.41, 5.74) is 6.74. The molecule has 0 radical (unpaired) electrons. The molecular weight excluding hydrogens is 418 g/mol. The number of benzene rings is 1. The lowest BCUT2D eigenvalue weighted by molar-refractivity contribution is 0.357. The smallest absolute Gasteiger partial charge is 0.183 e. The Morgan fingerprint density at radius 3 is 2.97 bits per heavy atom. The van der Waals surface area contributed by atoms with Gasteiger partial charge < -0.3 is 10.1 Å². The monoisotopic (exact) mass is 445 g/mol. The average molecular weight is 446 g/mol. The van der Waals surface area contributed by atoms with Gasteiger partial charge in [0.1, 0.15) is 11.4 Å². The second kappa shape index (κ2) is 9.12. The minimum atomic E-state index is 0.751.